The molecule has 2 atom stereocenters. The summed E-state index contributed by atoms with van der Waals surface area (Å²) < 4.78 is 0. The fraction of sp³-hybridized carbons (Fsp3) is 1.00. The number of likely N-dealkylation sites (tertiary alicyclic amines) is 2. The van der Waals surface area contributed by atoms with Gasteiger partial charge in [-0.25, -0.2) is 0 Å². The molecule has 3 nitrogen and oxygen atoms in total. The molecule has 0 aliphatic carbocycles. The zero-order valence-corrected chi connectivity index (χ0v) is 10.9. The van der Waals surface area contributed by atoms with Crippen LogP contribution in [-0.4, -0.2) is 62.7 Å². The van der Waals surface area contributed by atoms with Crippen molar-refractivity contribution in [1.82, 2.24) is 15.1 Å². The van der Waals surface area contributed by atoms with Crippen molar-refractivity contribution in [2.75, 3.05) is 52.9 Å². The molecule has 1 N–H and O–H groups in total. The molecule has 2 unspecified atom stereocenters. The van der Waals surface area contributed by atoms with Gasteiger partial charge in [0.25, 0.3) is 0 Å². The molecule has 0 spiro atoms. The predicted octanol–water partition coefficient (Wildman–Crippen LogP) is 0.870. The van der Waals surface area contributed by atoms with E-state index < -0.39 is 0 Å². The minimum absolute atomic E-state index is 0.902. The lowest BCUT2D eigenvalue weighted by atomic mass is 10.1. The van der Waals surface area contributed by atoms with Crippen LogP contribution in [-0.2, 0) is 0 Å². The quantitative estimate of drug-likeness (QED) is 0.749. The summed E-state index contributed by atoms with van der Waals surface area (Å²) in [7, 11) is 2.25. The van der Waals surface area contributed by atoms with Crippen molar-refractivity contribution in [2.45, 2.75) is 19.8 Å². The van der Waals surface area contributed by atoms with Gasteiger partial charge in [0.2, 0.25) is 0 Å². The maximum atomic E-state index is 3.48. The second kappa shape index (κ2) is 5.99. The van der Waals surface area contributed by atoms with E-state index in [1.165, 1.54) is 52.1 Å². The van der Waals surface area contributed by atoms with Gasteiger partial charge in [0.15, 0.2) is 0 Å². The molecule has 0 aromatic rings. The van der Waals surface area contributed by atoms with Crippen molar-refractivity contribution in [1.29, 1.82) is 0 Å². The molecule has 16 heavy (non-hydrogen) atoms. The number of nitrogens with one attached hydrogen (secondary N) is 1. The SMILES string of the molecule is CCNCC1CCN(CC2CCN(C)C2)C1. The molecule has 2 rings (SSSR count). The minimum atomic E-state index is 0.902. The highest BCUT2D eigenvalue weighted by molar-refractivity contribution is 4.82. The highest BCUT2D eigenvalue weighted by Gasteiger charge is 2.26. The van der Waals surface area contributed by atoms with Crippen LogP contribution in [0.25, 0.3) is 0 Å². The Labute approximate surface area is 100 Å². The van der Waals surface area contributed by atoms with Crippen LogP contribution in [0, 0.1) is 11.8 Å². The molecule has 0 amide bonds. The van der Waals surface area contributed by atoms with E-state index in [0.29, 0.717) is 0 Å². The first-order valence-corrected chi connectivity index (χ1v) is 6.89. The highest BCUT2D eigenvalue weighted by Crippen LogP contribution is 2.21. The van der Waals surface area contributed by atoms with Gasteiger partial charge in [-0.1, -0.05) is 6.92 Å². The van der Waals surface area contributed by atoms with E-state index in [1.54, 1.807) is 0 Å². The summed E-state index contributed by atoms with van der Waals surface area (Å²) in [5.74, 6) is 1.84. The Kier molecular flexibility index (Phi) is 4.62. The van der Waals surface area contributed by atoms with Crippen LogP contribution in [0.2, 0.25) is 0 Å². The molecule has 0 radical (unpaired) electrons. The Morgan fingerprint density at radius 1 is 1.12 bits per heavy atom. The van der Waals surface area contributed by atoms with Crippen molar-refractivity contribution in [3.05, 3.63) is 0 Å². The van der Waals surface area contributed by atoms with Gasteiger partial charge in [-0.3, -0.25) is 0 Å². The van der Waals surface area contributed by atoms with Crippen molar-refractivity contribution in [3.63, 3.8) is 0 Å². The van der Waals surface area contributed by atoms with Crippen LogP contribution in [0.5, 0.6) is 0 Å². The molecular weight excluding hydrogens is 198 g/mol. The minimum Gasteiger partial charge on any atom is -0.317 e. The summed E-state index contributed by atoms with van der Waals surface area (Å²) in [6, 6.07) is 0. The smallest absolute Gasteiger partial charge is 0.00225 e. The number of hydrogen-bond donors (Lipinski definition) is 1. The Balaban J connectivity index is 1.64. The molecule has 2 aliphatic rings. The van der Waals surface area contributed by atoms with Gasteiger partial charge in [-0.2, -0.15) is 0 Å². The summed E-state index contributed by atoms with van der Waals surface area (Å²) in [4.78, 5) is 5.16. The van der Waals surface area contributed by atoms with Crippen molar-refractivity contribution in [3.8, 4) is 0 Å². The Bertz CT molecular complexity index is 207. The topological polar surface area (TPSA) is 18.5 Å². The molecule has 0 aromatic heterocycles. The van der Waals surface area contributed by atoms with Gasteiger partial charge in [0, 0.05) is 19.6 Å². The highest BCUT2D eigenvalue weighted by atomic mass is 15.2. The van der Waals surface area contributed by atoms with Crippen LogP contribution >= 0.6 is 0 Å². The predicted molar refractivity (Wildman–Crippen MR) is 68.7 cm³/mol. The zero-order chi connectivity index (χ0) is 11.4. The fourth-order valence-corrected chi connectivity index (χ4v) is 3.13. The van der Waals surface area contributed by atoms with Gasteiger partial charge in [0.1, 0.15) is 0 Å². The fourth-order valence-electron chi connectivity index (χ4n) is 3.13. The van der Waals surface area contributed by atoms with Crippen LogP contribution in [0.3, 0.4) is 0 Å². The molecule has 2 fully saturated rings. The van der Waals surface area contributed by atoms with Crippen LogP contribution < -0.4 is 5.32 Å². The lowest BCUT2D eigenvalue weighted by Crippen LogP contribution is -2.30. The first-order valence-electron chi connectivity index (χ1n) is 6.89. The van der Waals surface area contributed by atoms with E-state index in [0.717, 1.165) is 18.4 Å². The van der Waals surface area contributed by atoms with Crippen molar-refractivity contribution < 1.29 is 0 Å². The average Bonchev–Trinajstić information content (AvgIpc) is 2.86. The molecule has 0 bridgehead atoms. The molecule has 94 valence electrons. The monoisotopic (exact) mass is 225 g/mol. The van der Waals surface area contributed by atoms with Crippen molar-refractivity contribution >= 4 is 0 Å². The maximum Gasteiger partial charge on any atom is 0.00225 e. The van der Waals surface area contributed by atoms with E-state index in [2.05, 4.69) is 29.1 Å². The third-order valence-corrected chi connectivity index (χ3v) is 4.06. The van der Waals surface area contributed by atoms with E-state index in [9.17, 15) is 0 Å². The molecule has 2 saturated heterocycles. The third kappa shape index (κ3) is 3.44. The summed E-state index contributed by atoms with van der Waals surface area (Å²) in [5, 5.41) is 3.48. The molecule has 3 heteroatoms. The van der Waals surface area contributed by atoms with E-state index >= 15 is 0 Å². The Morgan fingerprint density at radius 2 is 1.94 bits per heavy atom. The van der Waals surface area contributed by atoms with Crippen LogP contribution in [0.1, 0.15) is 19.8 Å². The number of nitrogens with zero attached hydrogens (tertiary/aromatic N) is 2. The first kappa shape index (κ1) is 12.3. The second-order valence-corrected chi connectivity index (χ2v) is 5.64. The normalized spacial score (nSPS) is 32.6. The lowest BCUT2D eigenvalue weighted by Gasteiger charge is -2.20. The standard InChI is InChI=1S/C13H27N3/c1-3-14-8-12-5-7-16(10-12)11-13-4-6-15(2)9-13/h12-14H,3-11H2,1-2H3. The van der Waals surface area contributed by atoms with Gasteiger partial charge >= 0.3 is 0 Å². The van der Waals surface area contributed by atoms with E-state index in [1.807, 2.05) is 0 Å². The average molecular weight is 225 g/mol. The Hall–Kier alpha value is -0.120. The zero-order valence-electron chi connectivity index (χ0n) is 10.9. The summed E-state index contributed by atoms with van der Waals surface area (Å²) in [6.07, 6.45) is 2.81. The maximum absolute atomic E-state index is 3.48. The van der Waals surface area contributed by atoms with Crippen LogP contribution in [0.4, 0.5) is 0 Å². The molecule has 2 aliphatic heterocycles. The molecule has 2 heterocycles. The summed E-state index contributed by atoms with van der Waals surface area (Å²) >= 11 is 0. The number of rotatable bonds is 5. The third-order valence-electron chi connectivity index (χ3n) is 4.06. The first-order chi connectivity index (χ1) is 7.78. The molecule has 0 aromatic carbocycles. The van der Waals surface area contributed by atoms with Gasteiger partial charge in [-0.15, -0.1) is 0 Å². The molecular formula is C13H27N3. The van der Waals surface area contributed by atoms with Gasteiger partial charge < -0.3 is 15.1 Å². The Morgan fingerprint density at radius 3 is 2.62 bits per heavy atom. The number of hydrogen-bond acceptors (Lipinski definition) is 3. The van der Waals surface area contributed by atoms with Crippen molar-refractivity contribution in [2.24, 2.45) is 11.8 Å². The van der Waals surface area contributed by atoms with Gasteiger partial charge in [-0.05, 0) is 57.9 Å². The van der Waals surface area contributed by atoms with E-state index in [4.69, 9.17) is 0 Å². The van der Waals surface area contributed by atoms with Gasteiger partial charge in [0.05, 0.1) is 0 Å². The molecule has 0 saturated carbocycles. The summed E-state index contributed by atoms with van der Waals surface area (Å²) in [5.41, 5.74) is 0. The van der Waals surface area contributed by atoms with Crippen LogP contribution in [0.15, 0.2) is 0 Å². The second-order valence-electron chi connectivity index (χ2n) is 5.64. The summed E-state index contributed by atoms with van der Waals surface area (Å²) in [6.45, 7) is 11.1. The van der Waals surface area contributed by atoms with E-state index in [-0.39, 0.29) is 0 Å². The lowest BCUT2D eigenvalue weighted by molar-refractivity contribution is 0.266. The largest absolute Gasteiger partial charge is 0.317 e.